The van der Waals surface area contributed by atoms with Crippen LogP contribution >= 0.6 is 0 Å². The van der Waals surface area contributed by atoms with Crippen LogP contribution in [-0.2, 0) is 11.3 Å². The largest absolute Gasteiger partial charge is 0.497 e. The number of rotatable bonds is 8. The highest BCUT2D eigenvalue weighted by molar-refractivity contribution is 5.26. The molecule has 3 heteroatoms. The van der Waals surface area contributed by atoms with Gasteiger partial charge in [0.1, 0.15) is 11.9 Å². The Labute approximate surface area is 121 Å². The highest BCUT2D eigenvalue weighted by Crippen LogP contribution is 2.16. The van der Waals surface area contributed by atoms with Crippen molar-refractivity contribution in [2.24, 2.45) is 5.92 Å². The van der Waals surface area contributed by atoms with Crippen LogP contribution in [-0.4, -0.2) is 24.9 Å². The van der Waals surface area contributed by atoms with Crippen LogP contribution in [0.4, 0.5) is 0 Å². The van der Waals surface area contributed by atoms with Crippen molar-refractivity contribution in [1.82, 2.24) is 0 Å². The van der Waals surface area contributed by atoms with E-state index in [4.69, 9.17) is 21.0 Å². The molecule has 1 aromatic carbocycles. The highest BCUT2D eigenvalue weighted by Gasteiger charge is 2.14. The SMILES string of the molecule is C#C[C@H](OCc1ccc(OC)cc1)[C@H](C)C/C=C/CO. The number of methoxy groups -OCH3 is 1. The van der Waals surface area contributed by atoms with Gasteiger partial charge in [0, 0.05) is 0 Å². The monoisotopic (exact) mass is 274 g/mol. The number of aliphatic hydroxyl groups excluding tert-OH is 1. The minimum absolute atomic E-state index is 0.0557. The van der Waals surface area contributed by atoms with Crippen LogP contribution in [0.5, 0.6) is 5.75 Å². The standard InChI is InChI=1S/C17H22O3/c1-4-17(14(2)7-5-6-12-18)20-13-15-8-10-16(19-3)11-9-15/h1,5-6,8-11,14,17-18H,7,12-13H2,2-3H3/b6-5+/t14-,17+/m1/s1. The van der Waals surface area contributed by atoms with Crippen molar-refractivity contribution in [3.05, 3.63) is 42.0 Å². The molecule has 0 fully saturated rings. The van der Waals surface area contributed by atoms with Crippen LogP contribution in [0, 0.1) is 18.3 Å². The Bertz CT molecular complexity index is 442. The molecule has 1 N–H and O–H groups in total. The fourth-order valence-electron chi connectivity index (χ4n) is 1.79. The van der Waals surface area contributed by atoms with Gasteiger partial charge in [0.15, 0.2) is 0 Å². The average Bonchev–Trinajstić information content (AvgIpc) is 2.49. The number of benzene rings is 1. The summed E-state index contributed by atoms with van der Waals surface area (Å²) >= 11 is 0. The average molecular weight is 274 g/mol. The molecule has 0 saturated heterocycles. The van der Waals surface area contributed by atoms with E-state index in [9.17, 15) is 0 Å². The van der Waals surface area contributed by atoms with Gasteiger partial charge in [-0.15, -0.1) is 6.42 Å². The molecular weight excluding hydrogens is 252 g/mol. The maximum absolute atomic E-state index is 8.70. The smallest absolute Gasteiger partial charge is 0.121 e. The first-order valence-electron chi connectivity index (χ1n) is 6.67. The maximum atomic E-state index is 8.70. The fourth-order valence-corrected chi connectivity index (χ4v) is 1.79. The first-order chi connectivity index (χ1) is 9.71. The van der Waals surface area contributed by atoms with E-state index in [0.717, 1.165) is 17.7 Å². The van der Waals surface area contributed by atoms with Gasteiger partial charge < -0.3 is 14.6 Å². The Morgan fingerprint density at radius 1 is 1.30 bits per heavy atom. The van der Waals surface area contributed by atoms with Crippen LogP contribution in [0.1, 0.15) is 18.9 Å². The van der Waals surface area contributed by atoms with Gasteiger partial charge in [-0.1, -0.05) is 37.1 Å². The summed E-state index contributed by atoms with van der Waals surface area (Å²) in [6, 6.07) is 7.72. The lowest BCUT2D eigenvalue weighted by atomic mass is 10.0. The molecular formula is C17H22O3. The molecule has 2 atom stereocenters. The highest BCUT2D eigenvalue weighted by atomic mass is 16.5. The zero-order valence-corrected chi connectivity index (χ0v) is 12.1. The molecule has 108 valence electrons. The van der Waals surface area contributed by atoms with E-state index in [-0.39, 0.29) is 18.6 Å². The molecule has 0 aliphatic heterocycles. The van der Waals surface area contributed by atoms with E-state index in [1.807, 2.05) is 37.3 Å². The molecule has 1 aromatic rings. The van der Waals surface area contributed by atoms with Gasteiger partial charge in [0.05, 0.1) is 20.3 Å². The molecule has 1 rings (SSSR count). The van der Waals surface area contributed by atoms with E-state index in [1.165, 1.54) is 0 Å². The van der Waals surface area contributed by atoms with Crippen molar-refractivity contribution in [2.75, 3.05) is 13.7 Å². The van der Waals surface area contributed by atoms with Crippen LogP contribution in [0.3, 0.4) is 0 Å². The lowest BCUT2D eigenvalue weighted by Gasteiger charge is -2.18. The lowest BCUT2D eigenvalue weighted by Crippen LogP contribution is -2.19. The Hall–Kier alpha value is -1.76. The molecule has 0 unspecified atom stereocenters. The van der Waals surface area contributed by atoms with Crippen molar-refractivity contribution in [3.63, 3.8) is 0 Å². The molecule has 0 saturated carbocycles. The van der Waals surface area contributed by atoms with E-state index in [2.05, 4.69) is 5.92 Å². The first-order valence-corrected chi connectivity index (χ1v) is 6.67. The molecule has 0 aromatic heterocycles. The molecule has 0 spiro atoms. The van der Waals surface area contributed by atoms with E-state index in [1.54, 1.807) is 13.2 Å². The van der Waals surface area contributed by atoms with Crippen LogP contribution in [0.2, 0.25) is 0 Å². The van der Waals surface area contributed by atoms with Crippen molar-refractivity contribution in [2.45, 2.75) is 26.1 Å². The topological polar surface area (TPSA) is 38.7 Å². The Morgan fingerprint density at radius 3 is 2.55 bits per heavy atom. The summed E-state index contributed by atoms with van der Waals surface area (Å²) in [7, 11) is 1.64. The molecule has 0 aliphatic carbocycles. The maximum Gasteiger partial charge on any atom is 0.121 e. The minimum Gasteiger partial charge on any atom is -0.497 e. The third-order valence-electron chi connectivity index (χ3n) is 3.05. The second kappa shape index (κ2) is 9.19. The molecule has 20 heavy (non-hydrogen) atoms. The molecule has 0 aliphatic rings. The van der Waals surface area contributed by atoms with Gasteiger partial charge in [-0.05, 0) is 30.0 Å². The lowest BCUT2D eigenvalue weighted by molar-refractivity contribution is 0.0451. The minimum atomic E-state index is -0.236. The number of hydrogen-bond donors (Lipinski definition) is 1. The molecule has 0 amide bonds. The van der Waals surface area contributed by atoms with Gasteiger partial charge in [-0.25, -0.2) is 0 Å². The predicted octanol–water partition coefficient (Wildman–Crippen LogP) is 2.79. The van der Waals surface area contributed by atoms with Gasteiger partial charge in [-0.3, -0.25) is 0 Å². The molecule has 3 nitrogen and oxygen atoms in total. The predicted molar refractivity (Wildman–Crippen MR) is 80.4 cm³/mol. The van der Waals surface area contributed by atoms with Crippen molar-refractivity contribution in [3.8, 4) is 18.1 Å². The van der Waals surface area contributed by atoms with Crippen molar-refractivity contribution < 1.29 is 14.6 Å². The second-order valence-corrected chi connectivity index (χ2v) is 4.61. The number of ether oxygens (including phenoxy) is 2. The molecule has 0 bridgehead atoms. The summed E-state index contributed by atoms with van der Waals surface area (Å²) in [5, 5.41) is 8.70. The number of aliphatic hydroxyl groups is 1. The van der Waals surface area contributed by atoms with E-state index in [0.29, 0.717) is 6.61 Å². The molecule has 0 heterocycles. The van der Waals surface area contributed by atoms with Crippen LogP contribution in [0.15, 0.2) is 36.4 Å². The first kappa shape index (κ1) is 16.3. The Kier molecular flexibility index (Phi) is 7.49. The Morgan fingerprint density at radius 2 is 2.00 bits per heavy atom. The van der Waals surface area contributed by atoms with Crippen LogP contribution in [0.25, 0.3) is 0 Å². The third-order valence-corrected chi connectivity index (χ3v) is 3.05. The van der Waals surface area contributed by atoms with E-state index >= 15 is 0 Å². The summed E-state index contributed by atoms with van der Waals surface area (Å²) in [5.41, 5.74) is 1.06. The zero-order valence-electron chi connectivity index (χ0n) is 12.1. The van der Waals surface area contributed by atoms with Gasteiger partial charge >= 0.3 is 0 Å². The second-order valence-electron chi connectivity index (χ2n) is 4.61. The summed E-state index contributed by atoms with van der Waals surface area (Å²) in [4.78, 5) is 0. The van der Waals surface area contributed by atoms with Gasteiger partial charge in [0.2, 0.25) is 0 Å². The van der Waals surface area contributed by atoms with Crippen LogP contribution < -0.4 is 4.74 Å². The van der Waals surface area contributed by atoms with Gasteiger partial charge in [-0.2, -0.15) is 0 Å². The fraction of sp³-hybridized carbons (Fsp3) is 0.412. The molecule has 0 radical (unpaired) electrons. The summed E-state index contributed by atoms with van der Waals surface area (Å²) < 4.78 is 10.9. The Balaban J connectivity index is 2.47. The zero-order chi connectivity index (χ0) is 14.8. The van der Waals surface area contributed by atoms with Gasteiger partial charge in [0.25, 0.3) is 0 Å². The number of allylic oxidation sites excluding steroid dienone is 1. The third kappa shape index (κ3) is 5.48. The summed E-state index contributed by atoms with van der Waals surface area (Å²) in [6.45, 7) is 2.58. The summed E-state index contributed by atoms with van der Waals surface area (Å²) in [6.07, 6.45) is 9.71. The number of hydrogen-bond acceptors (Lipinski definition) is 3. The summed E-state index contributed by atoms with van der Waals surface area (Å²) in [5.74, 6) is 3.71. The number of terminal acetylenes is 1. The van der Waals surface area contributed by atoms with E-state index < -0.39 is 0 Å². The van der Waals surface area contributed by atoms with Crippen molar-refractivity contribution in [1.29, 1.82) is 0 Å². The normalized spacial score (nSPS) is 13.9. The van der Waals surface area contributed by atoms with Crippen molar-refractivity contribution >= 4 is 0 Å². The quantitative estimate of drug-likeness (QED) is 0.585.